The van der Waals surface area contributed by atoms with Gasteiger partial charge in [-0.3, -0.25) is 5.41 Å². The standard InChI is InChI=1S/C9H11F3N2O/c1-15-8(9(10,11)12)4-2-3-6(5-8)7(13)14/h2-3,5H,4H2,1H3,(H3,13,14). The molecule has 1 aliphatic rings. The molecule has 1 rings (SSSR count). The van der Waals surface area contributed by atoms with Crippen molar-refractivity contribution in [1.82, 2.24) is 0 Å². The van der Waals surface area contributed by atoms with E-state index in [0.717, 1.165) is 13.2 Å². The first-order valence-electron chi connectivity index (χ1n) is 4.18. The van der Waals surface area contributed by atoms with Gasteiger partial charge in [0.15, 0.2) is 5.60 Å². The predicted molar refractivity (Wildman–Crippen MR) is 49.5 cm³/mol. The third-order valence-electron chi connectivity index (χ3n) is 2.26. The summed E-state index contributed by atoms with van der Waals surface area (Å²) in [5, 5.41) is 7.08. The van der Waals surface area contributed by atoms with Crippen molar-refractivity contribution < 1.29 is 17.9 Å². The van der Waals surface area contributed by atoms with Crippen LogP contribution in [0.4, 0.5) is 13.2 Å². The van der Waals surface area contributed by atoms with Crippen LogP contribution in [0.2, 0.25) is 0 Å². The van der Waals surface area contributed by atoms with Crippen LogP contribution in [-0.4, -0.2) is 24.7 Å². The fourth-order valence-corrected chi connectivity index (χ4v) is 1.34. The lowest BCUT2D eigenvalue weighted by Gasteiger charge is -2.33. The zero-order valence-electron chi connectivity index (χ0n) is 8.06. The average Bonchev–Trinajstić information content (AvgIpc) is 2.16. The summed E-state index contributed by atoms with van der Waals surface area (Å²) in [5.41, 5.74) is 2.80. The van der Waals surface area contributed by atoms with Crippen molar-refractivity contribution in [2.75, 3.05) is 7.11 Å². The first kappa shape index (κ1) is 11.8. The van der Waals surface area contributed by atoms with Crippen molar-refractivity contribution in [2.24, 2.45) is 5.73 Å². The lowest BCUT2D eigenvalue weighted by molar-refractivity contribution is -0.248. The van der Waals surface area contributed by atoms with Crippen LogP contribution in [0.3, 0.4) is 0 Å². The highest BCUT2D eigenvalue weighted by Gasteiger charge is 2.54. The second-order valence-electron chi connectivity index (χ2n) is 3.21. The van der Waals surface area contributed by atoms with E-state index in [-0.39, 0.29) is 12.0 Å². The van der Waals surface area contributed by atoms with Crippen LogP contribution in [0, 0.1) is 5.41 Å². The Labute approximate surface area is 84.9 Å². The number of hydrogen-bond acceptors (Lipinski definition) is 2. The molecule has 3 N–H and O–H groups in total. The summed E-state index contributed by atoms with van der Waals surface area (Å²) in [5.74, 6) is -0.406. The molecule has 0 bridgehead atoms. The number of hydrogen-bond donors (Lipinski definition) is 2. The third kappa shape index (κ3) is 2.04. The number of nitrogens with two attached hydrogens (primary N) is 1. The first-order chi connectivity index (χ1) is 6.82. The van der Waals surface area contributed by atoms with Crippen LogP contribution in [0.15, 0.2) is 23.8 Å². The molecule has 0 heterocycles. The molecule has 15 heavy (non-hydrogen) atoms. The molecule has 3 nitrogen and oxygen atoms in total. The summed E-state index contributed by atoms with van der Waals surface area (Å²) >= 11 is 0. The molecule has 6 heteroatoms. The molecule has 0 saturated heterocycles. The van der Waals surface area contributed by atoms with Gasteiger partial charge in [0.05, 0.1) is 0 Å². The smallest absolute Gasteiger partial charge is 0.384 e. The summed E-state index contributed by atoms with van der Waals surface area (Å²) in [4.78, 5) is 0. The molecule has 84 valence electrons. The van der Waals surface area contributed by atoms with Gasteiger partial charge in [-0.15, -0.1) is 0 Å². The Morgan fingerprint density at radius 3 is 2.60 bits per heavy atom. The normalized spacial score (nSPS) is 26.3. The summed E-state index contributed by atoms with van der Waals surface area (Å²) in [6.07, 6.45) is -1.30. The second kappa shape index (κ2) is 3.69. The monoisotopic (exact) mass is 220 g/mol. The maximum absolute atomic E-state index is 12.7. The Balaban J connectivity index is 3.14. The average molecular weight is 220 g/mol. The van der Waals surface area contributed by atoms with Gasteiger partial charge in [0.2, 0.25) is 0 Å². The zero-order valence-corrected chi connectivity index (χ0v) is 8.06. The molecule has 0 spiro atoms. The van der Waals surface area contributed by atoms with Gasteiger partial charge < -0.3 is 10.5 Å². The van der Waals surface area contributed by atoms with E-state index in [1.54, 1.807) is 0 Å². The van der Waals surface area contributed by atoms with Crippen molar-refractivity contribution in [3.8, 4) is 0 Å². The molecule has 0 saturated carbocycles. The van der Waals surface area contributed by atoms with Gasteiger partial charge in [0, 0.05) is 19.1 Å². The first-order valence-corrected chi connectivity index (χ1v) is 4.18. The summed E-state index contributed by atoms with van der Waals surface area (Å²) in [7, 11) is 0.987. The van der Waals surface area contributed by atoms with Crippen molar-refractivity contribution in [2.45, 2.75) is 18.2 Å². The highest BCUT2D eigenvalue weighted by atomic mass is 19.4. The third-order valence-corrected chi connectivity index (χ3v) is 2.26. The summed E-state index contributed by atoms with van der Waals surface area (Å²) in [6, 6.07) is 0. The topological polar surface area (TPSA) is 59.1 Å². The SMILES string of the molecule is COC1(C(F)(F)F)C=C(C(=N)N)C=CC1. The van der Waals surface area contributed by atoms with E-state index >= 15 is 0 Å². The molecule has 0 aromatic carbocycles. The van der Waals surface area contributed by atoms with E-state index in [1.807, 2.05) is 0 Å². The van der Waals surface area contributed by atoms with Gasteiger partial charge in [-0.25, -0.2) is 0 Å². The molecular formula is C9H11F3N2O. The predicted octanol–water partition coefficient (Wildman–Crippen LogP) is 1.76. The minimum absolute atomic E-state index is 0.0282. The zero-order chi connectivity index (χ0) is 11.7. The van der Waals surface area contributed by atoms with Crippen molar-refractivity contribution in [1.29, 1.82) is 5.41 Å². The number of ether oxygens (including phenoxy) is 1. The van der Waals surface area contributed by atoms with Gasteiger partial charge in [-0.05, 0) is 6.08 Å². The molecule has 0 amide bonds. The molecular weight excluding hydrogens is 209 g/mol. The quantitative estimate of drug-likeness (QED) is 0.550. The largest absolute Gasteiger partial charge is 0.421 e. The Morgan fingerprint density at radius 1 is 1.60 bits per heavy atom. The Morgan fingerprint density at radius 2 is 2.20 bits per heavy atom. The molecule has 1 atom stereocenters. The van der Waals surface area contributed by atoms with Gasteiger partial charge in [-0.1, -0.05) is 12.2 Å². The lowest BCUT2D eigenvalue weighted by atomic mass is 9.90. The molecule has 0 radical (unpaired) electrons. The number of methoxy groups -OCH3 is 1. The summed E-state index contributed by atoms with van der Waals surface area (Å²) in [6.45, 7) is 0. The van der Waals surface area contributed by atoms with Crippen molar-refractivity contribution >= 4 is 5.84 Å². The van der Waals surface area contributed by atoms with E-state index in [4.69, 9.17) is 11.1 Å². The second-order valence-corrected chi connectivity index (χ2v) is 3.21. The molecule has 1 aliphatic carbocycles. The van der Waals surface area contributed by atoms with Gasteiger partial charge in [0.1, 0.15) is 5.84 Å². The maximum Gasteiger partial charge on any atom is 0.421 e. The van der Waals surface area contributed by atoms with Crippen LogP contribution in [0.5, 0.6) is 0 Å². The fourth-order valence-electron chi connectivity index (χ4n) is 1.34. The summed E-state index contributed by atoms with van der Waals surface area (Å²) < 4.78 is 42.7. The van der Waals surface area contributed by atoms with Crippen LogP contribution in [0.25, 0.3) is 0 Å². The number of alkyl halides is 3. The minimum Gasteiger partial charge on any atom is -0.384 e. The van der Waals surface area contributed by atoms with Crippen LogP contribution in [0.1, 0.15) is 6.42 Å². The molecule has 0 aromatic heterocycles. The van der Waals surface area contributed by atoms with E-state index in [1.165, 1.54) is 12.2 Å². The van der Waals surface area contributed by atoms with Gasteiger partial charge in [0.25, 0.3) is 0 Å². The number of halogens is 3. The molecule has 0 aliphatic heterocycles. The maximum atomic E-state index is 12.7. The van der Waals surface area contributed by atoms with E-state index in [2.05, 4.69) is 4.74 Å². The molecule has 1 unspecified atom stereocenters. The van der Waals surface area contributed by atoms with Crippen molar-refractivity contribution in [3.05, 3.63) is 23.8 Å². The van der Waals surface area contributed by atoms with Crippen LogP contribution < -0.4 is 5.73 Å². The number of nitrogens with one attached hydrogen (secondary N) is 1. The number of rotatable bonds is 2. The van der Waals surface area contributed by atoms with E-state index in [0.29, 0.717) is 0 Å². The highest BCUT2D eigenvalue weighted by molar-refractivity contribution is 5.97. The lowest BCUT2D eigenvalue weighted by Crippen LogP contribution is -2.46. The Kier molecular flexibility index (Phi) is 2.90. The van der Waals surface area contributed by atoms with Crippen molar-refractivity contribution in [3.63, 3.8) is 0 Å². The minimum atomic E-state index is -4.52. The Hall–Kier alpha value is -1.30. The molecule has 0 aromatic rings. The van der Waals surface area contributed by atoms with Gasteiger partial charge in [-0.2, -0.15) is 13.2 Å². The van der Waals surface area contributed by atoms with Gasteiger partial charge >= 0.3 is 6.18 Å². The molecule has 0 fully saturated rings. The van der Waals surface area contributed by atoms with E-state index in [9.17, 15) is 13.2 Å². The Bertz CT molecular complexity index is 333. The van der Waals surface area contributed by atoms with E-state index < -0.39 is 17.6 Å². The fraction of sp³-hybridized carbons (Fsp3) is 0.444. The van der Waals surface area contributed by atoms with Crippen LogP contribution in [-0.2, 0) is 4.74 Å². The highest BCUT2D eigenvalue weighted by Crippen LogP contribution is 2.40. The number of amidine groups is 1. The van der Waals surface area contributed by atoms with Crippen LogP contribution >= 0.6 is 0 Å².